The highest BCUT2D eigenvalue weighted by molar-refractivity contribution is 7.08. The Labute approximate surface area is 127 Å². The molecule has 110 valence electrons. The first kappa shape index (κ1) is 15.3. The molecule has 1 aromatic heterocycles. The van der Waals surface area contributed by atoms with Crippen LogP contribution in [0.15, 0.2) is 36.2 Å². The molecule has 0 bridgehead atoms. The van der Waals surface area contributed by atoms with Gasteiger partial charge in [0.15, 0.2) is 5.82 Å². The fourth-order valence-electron chi connectivity index (χ4n) is 1.95. The molecule has 1 aromatic carbocycles. The SMILES string of the molecule is CCN(c1cncsc(C)ncn1)c1ccc(F)cc1C. The van der Waals surface area contributed by atoms with Gasteiger partial charge in [0, 0.05) is 12.2 Å². The van der Waals surface area contributed by atoms with Crippen LogP contribution in [0, 0.1) is 19.7 Å². The Kier molecular flexibility index (Phi) is 5.16. The van der Waals surface area contributed by atoms with Crippen LogP contribution in [-0.2, 0) is 0 Å². The Hall–Kier alpha value is -2.08. The molecule has 0 N–H and O–H groups in total. The lowest BCUT2D eigenvalue weighted by molar-refractivity contribution is 0.626. The molecule has 0 saturated carbocycles. The number of nitrogens with zero attached hydrogens (tertiary/aromatic N) is 4. The van der Waals surface area contributed by atoms with E-state index in [-0.39, 0.29) is 5.82 Å². The molecule has 0 fully saturated rings. The number of halogens is 1. The minimum Gasteiger partial charge on any atom is -0.325 e. The van der Waals surface area contributed by atoms with Crippen LogP contribution in [0.2, 0.25) is 0 Å². The lowest BCUT2D eigenvalue weighted by atomic mass is 10.1. The van der Waals surface area contributed by atoms with Crippen LogP contribution in [0.4, 0.5) is 15.9 Å². The van der Waals surface area contributed by atoms with Gasteiger partial charge in [0.05, 0.1) is 16.7 Å². The normalized spacial score (nSPS) is 10.1. The van der Waals surface area contributed by atoms with Crippen LogP contribution in [0.5, 0.6) is 0 Å². The summed E-state index contributed by atoms with van der Waals surface area (Å²) in [7, 11) is 0. The van der Waals surface area contributed by atoms with E-state index in [1.165, 1.54) is 29.8 Å². The summed E-state index contributed by atoms with van der Waals surface area (Å²) in [6, 6.07) is 4.72. The van der Waals surface area contributed by atoms with Crippen LogP contribution in [0.3, 0.4) is 0 Å². The lowest BCUT2D eigenvalue weighted by Crippen LogP contribution is -2.18. The molecule has 0 radical (unpaired) electrons. The third-order valence-electron chi connectivity index (χ3n) is 2.95. The van der Waals surface area contributed by atoms with E-state index in [2.05, 4.69) is 15.0 Å². The van der Waals surface area contributed by atoms with Crippen LogP contribution in [0.1, 0.15) is 17.5 Å². The zero-order valence-electron chi connectivity index (χ0n) is 12.2. The highest BCUT2D eigenvalue weighted by Crippen LogP contribution is 2.26. The van der Waals surface area contributed by atoms with Crippen LogP contribution in [0.25, 0.3) is 0 Å². The first-order chi connectivity index (χ1) is 10.1. The van der Waals surface area contributed by atoms with Gasteiger partial charge in [-0.3, -0.25) is 4.98 Å². The number of rotatable bonds is 3. The van der Waals surface area contributed by atoms with Crippen LogP contribution < -0.4 is 4.90 Å². The molecule has 2 aromatic rings. The van der Waals surface area contributed by atoms with Gasteiger partial charge in [0.1, 0.15) is 12.1 Å². The van der Waals surface area contributed by atoms with E-state index in [0.717, 1.165) is 16.3 Å². The van der Waals surface area contributed by atoms with Gasteiger partial charge in [-0.2, -0.15) is 0 Å². The summed E-state index contributed by atoms with van der Waals surface area (Å²) in [4.78, 5) is 14.8. The fourth-order valence-corrected chi connectivity index (χ4v) is 2.34. The number of aryl methyl sites for hydroxylation is 2. The molecule has 21 heavy (non-hydrogen) atoms. The van der Waals surface area contributed by atoms with Crippen molar-refractivity contribution in [2.75, 3.05) is 11.4 Å². The van der Waals surface area contributed by atoms with Gasteiger partial charge in [-0.1, -0.05) is 0 Å². The average molecular weight is 304 g/mol. The molecule has 0 aliphatic carbocycles. The summed E-state index contributed by atoms with van der Waals surface area (Å²) in [6.07, 6.45) is 3.20. The molecule has 0 amide bonds. The minimum absolute atomic E-state index is 0.242. The molecule has 0 unspecified atom stereocenters. The first-order valence-electron chi connectivity index (χ1n) is 6.61. The van der Waals surface area contributed by atoms with E-state index in [0.29, 0.717) is 12.4 Å². The van der Waals surface area contributed by atoms with Gasteiger partial charge >= 0.3 is 0 Å². The van der Waals surface area contributed by atoms with Crippen molar-refractivity contribution < 1.29 is 4.39 Å². The monoisotopic (exact) mass is 304 g/mol. The molecule has 0 saturated heterocycles. The summed E-state index contributed by atoms with van der Waals surface area (Å²) in [6.45, 7) is 6.48. The van der Waals surface area contributed by atoms with E-state index in [1.807, 2.05) is 25.7 Å². The third kappa shape index (κ3) is 3.95. The Bertz CT molecular complexity index is 670. The maximum atomic E-state index is 13.3. The minimum atomic E-state index is -0.242. The van der Waals surface area contributed by atoms with Crippen LogP contribution in [-0.4, -0.2) is 21.5 Å². The highest BCUT2D eigenvalue weighted by Gasteiger charge is 2.11. The van der Waals surface area contributed by atoms with Crippen molar-refractivity contribution in [1.29, 1.82) is 0 Å². The number of hydrogen-bond acceptors (Lipinski definition) is 5. The summed E-state index contributed by atoms with van der Waals surface area (Å²) < 4.78 is 13.3. The van der Waals surface area contributed by atoms with Crippen molar-refractivity contribution >= 4 is 22.8 Å². The van der Waals surface area contributed by atoms with Crippen molar-refractivity contribution in [3.63, 3.8) is 0 Å². The van der Waals surface area contributed by atoms with Crippen molar-refractivity contribution in [3.05, 3.63) is 52.6 Å². The molecule has 0 spiro atoms. The molecular weight excluding hydrogens is 287 g/mol. The summed E-state index contributed by atoms with van der Waals surface area (Å²) in [5, 5.41) is 0.873. The van der Waals surface area contributed by atoms with E-state index in [9.17, 15) is 4.39 Å². The second-order valence-corrected chi connectivity index (χ2v) is 5.46. The second-order valence-electron chi connectivity index (χ2n) is 4.43. The van der Waals surface area contributed by atoms with Gasteiger partial charge in [-0.25, -0.2) is 14.4 Å². The molecule has 0 aliphatic heterocycles. The number of anilines is 2. The smallest absolute Gasteiger partial charge is 0.153 e. The van der Waals surface area contributed by atoms with Gasteiger partial charge < -0.3 is 4.90 Å². The van der Waals surface area contributed by atoms with E-state index < -0.39 is 0 Å². The molecule has 4 nitrogen and oxygen atoms in total. The topological polar surface area (TPSA) is 41.9 Å². The summed E-state index contributed by atoms with van der Waals surface area (Å²) in [5.41, 5.74) is 3.48. The number of hydrogen-bond donors (Lipinski definition) is 0. The van der Waals surface area contributed by atoms with Crippen LogP contribution >= 0.6 is 11.3 Å². The first-order valence-corrected chi connectivity index (χ1v) is 7.49. The van der Waals surface area contributed by atoms with E-state index in [4.69, 9.17) is 0 Å². The van der Waals surface area contributed by atoms with Gasteiger partial charge in [0.25, 0.3) is 0 Å². The maximum absolute atomic E-state index is 13.3. The molecular formula is C15H17FN4S. The van der Waals surface area contributed by atoms with E-state index in [1.54, 1.807) is 17.8 Å². The highest BCUT2D eigenvalue weighted by atomic mass is 32.1. The van der Waals surface area contributed by atoms with Crippen molar-refractivity contribution in [2.45, 2.75) is 20.8 Å². The predicted octanol–water partition coefficient (Wildman–Crippen LogP) is 3.97. The van der Waals surface area contributed by atoms with Gasteiger partial charge in [-0.05, 0) is 44.5 Å². The zero-order valence-corrected chi connectivity index (χ0v) is 13.1. The number of aromatic nitrogens is 3. The van der Waals surface area contributed by atoms with Crippen molar-refractivity contribution in [2.24, 2.45) is 0 Å². The van der Waals surface area contributed by atoms with Gasteiger partial charge in [-0.15, -0.1) is 11.3 Å². The summed E-state index contributed by atoms with van der Waals surface area (Å²) >= 11 is 1.44. The average Bonchev–Trinajstić information content (AvgIpc) is 2.55. The van der Waals surface area contributed by atoms with E-state index >= 15 is 0 Å². The molecule has 0 aliphatic rings. The molecule has 6 heteroatoms. The largest absolute Gasteiger partial charge is 0.325 e. The predicted molar refractivity (Wildman–Crippen MR) is 83.9 cm³/mol. The van der Waals surface area contributed by atoms with Crippen molar-refractivity contribution in [1.82, 2.24) is 15.0 Å². The molecule has 1 heterocycles. The quantitative estimate of drug-likeness (QED) is 0.860. The van der Waals surface area contributed by atoms with Gasteiger partial charge in [0.2, 0.25) is 0 Å². The summed E-state index contributed by atoms with van der Waals surface area (Å²) in [5.74, 6) is 0.427. The standard InChI is InChI=1S/C15H17FN4S/c1-4-20(14-6-5-13(16)7-11(14)2)15-8-17-10-21-12(3)18-9-19-15/h5-10H,4H2,1-3H3. The second kappa shape index (κ2) is 7.08. The Morgan fingerprint density at radius 2 is 2.05 bits per heavy atom. The molecule has 0 atom stereocenters. The van der Waals surface area contributed by atoms with Crippen molar-refractivity contribution in [3.8, 4) is 0 Å². The number of benzene rings is 1. The maximum Gasteiger partial charge on any atom is 0.153 e. The Balaban J connectivity index is 2.51. The lowest BCUT2D eigenvalue weighted by Gasteiger charge is -2.22. The Morgan fingerprint density at radius 1 is 1.24 bits per heavy atom. The zero-order chi connectivity index (χ0) is 15.2. The Morgan fingerprint density at radius 3 is 2.76 bits per heavy atom. The molecule has 2 rings (SSSR count). The fraction of sp³-hybridized carbons (Fsp3) is 0.267. The third-order valence-corrected chi connectivity index (χ3v) is 3.62.